The van der Waals surface area contributed by atoms with Crippen LogP contribution in [0.5, 0.6) is 0 Å². The number of oxime groups is 1. The van der Waals surface area contributed by atoms with Crippen LogP contribution in [0.2, 0.25) is 0 Å². The molecule has 0 fully saturated rings. The van der Waals surface area contributed by atoms with Crippen molar-refractivity contribution in [2.45, 2.75) is 13.3 Å². The molecule has 0 unspecified atom stereocenters. The van der Waals surface area contributed by atoms with E-state index in [0.29, 0.717) is 0 Å². The Hall–Kier alpha value is -1.51. The molecule has 0 bridgehead atoms. The van der Waals surface area contributed by atoms with E-state index >= 15 is 0 Å². The molecule has 64 valence electrons. The fourth-order valence-electron chi connectivity index (χ4n) is 1.12. The Morgan fingerprint density at radius 2 is 2.33 bits per heavy atom. The number of hydrogen-bond acceptors (Lipinski definition) is 3. The van der Waals surface area contributed by atoms with Gasteiger partial charge in [0.25, 0.3) is 0 Å². The molecule has 3 heteroatoms. The van der Waals surface area contributed by atoms with Crippen LogP contribution in [0.15, 0.2) is 23.4 Å². The number of aryl methyl sites for hydroxylation is 1. The molecule has 3 N–H and O–H groups in total. The number of nitrogen functional groups attached to an aromatic ring is 1. The van der Waals surface area contributed by atoms with E-state index in [1.165, 1.54) is 6.21 Å². The molecule has 0 aliphatic carbocycles. The summed E-state index contributed by atoms with van der Waals surface area (Å²) >= 11 is 0. The smallest absolute Gasteiger partial charge is 0.0736 e. The van der Waals surface area contributed by atoms with Gasteiger partial charge in [0, 0.05) is 5.69 Å². The number of nitrogens with two attached hydrogens (primary N) is 1. The average Bonchev–Trinajstić information content (AvgIpc) is 2.08. The first-order chi connectivity index (χ1) is 5.77. The van der Waals surface area contributed by atoms with Gasteiger partial charge in [0.15, 0.2) is 0 Å². The Labute approximate surface area is 71.5 Å². The molecule has 0 saturated carbocycles. The second-order valence-electron chi connectivity index (χ2n) is 2.56. The van der Waals surface area contributed by atoms with Crippen LogP contribution in [-0.2, 0) is 6.42 Å². The van der Waals surface area contributed by atoms with E-state index in [-0.39, 0.29) is 0 Å². The van der Waals surface area contributed by atoms with Crippen molar-refractivity contribution in [3.63, 3.8) is 0 Å². The minimum Gasteiger partial charge on any atom is -0.411 e. The monoisotopic (exact) mass is 164 g/mol. The molecule has 1 aromatic carbocycles. The molecule has 0 spiro atoms. The van der Waals surface area contributed by atoms with E-state index in [2.05, 4.69) is 5.16 Å². The van der Waals surface area contributed by atoms with Crippen molar-refractivity contribution in [1.29, 1.82) is 0 Å². The van der Waals surface area contributed by atoms with E-state index < -0.39 is 0 Å². The van der Waals surface area contributed by atoms with E-state index in [4.69, 9.17) is 10.9 Å². The summed E-state index contributed by atoms with van der Waals surface area (Å²) in [6, 6.07) is 5.51. The summed E-state index contributed by atoms with van der Waals surface area (Å²) in [5, 5.41) is 11.3. The first kappa shape index (κ1) is 8.59. The SMILES string of the molecule is CCc1cc(N)ccc1C=NO. The molecule has 1 aromatic rings. The lowest BCUT2D eigenvalue weighted by molar-refractivity contribution is 0.322. The molecular formula is C9H12N2O. The highest BCUT2D eigenvalue weighted by atomic mass is 16.4. The normalized spacial score (nSPS) is 10.8. The first-order valence-corrected chi connectivity index (χ1v) is 3.83. The maximum atomic E-state index is 8.35. The molecule has 0 radical (unpaired) electrons. The largest absolute Gasteiger partial charge is 0.411 e. The van der Waals surface area contributed by atoms with Crippen LogP contribution in [0.3, 0.4) is 0 Å². The van der Waals surface area contributed by atoms with Crippen molar-refractivity contribution < 1.29 is 5.21 Å². The van der Waals surface area contributed by atoms with Crippen LogP contribution in [0.1, 0.15) is 18.1 Å². The molecule has 12 heavy (non-hydrogen) atoms. The van der Waals surface area contributed by atoms with Crippen LogP contribution in [0.25, 0.3) is 0 Å². The summed E-state index contributed by atoms with van der Waals surface area (Å²) in [7, 11) is 0. The maximum absolute atomic E-state index is 8.35. The lowest BCUT2D eigenvalue weighted by atomic mass is 10.1. The Bertz CT molecular complexity index is 295. The lowest BCUT2D eigenvalue weighted by Crippen LogP contribution is -1.94. The second-order valence-corrected chi connectivity index (χ2v) is 2.56. The highest BCUT2D eigenvalue weighted by Crippen LogP contribution is 2.12. The zero-order chi connectivity index (χ0) is 8.97. The van der Waals surface area contributed by atoms with Gasteiger partial charge in [-0.2, -0.15) is 0 Å². The second kappa shape index (κ2) is 3.76. The van der Waals surface area contributed by atoms with E-state index in [1.54, 1.807) is 6.07 Å². The Morgan fingerprint density at radius 1 is 1.58 bits per heavy atom. The Morgan fingerprint density at radius 3 is 2.92 bits per heavy atom. The minimum atomic E-state index is 0.738. The van der Waals surface area contributed by atoms with Gasteiger partial charge in [-0.3, -0.25) is 0 Å². The highest BCUT2D eigenvalue weighted by Gasteiger charge is 1.97. The zero-order valence-electron chi connectivity index (χ0n) is 6.99. The lowest BCUT2D eigenvalue weighted by Gasteiger charge is -2.02. The predicted octanol–water partition coefficient (Wildman–Crippen LogP) is 1.64. The van der Waals surface area contributed by atoms with E-state index in [9.17, 15) is 0 Å². The Kier molecular flexibility index (Phi) is 2.69. The highest BCUT2D eigenvalue weighted by molar-refractivity contribution is 5.82. The number of anilines is 1. The maximum Gasteiger partial charge on any atom is 0.0736 e. The van der Waals surface area contributed by atoms with Crippen molar-refractivity contribution in [2.24, 2.45) is 5.16 Å². The van der Waals surface area contributed by atoms with Crippen LogP contribution in [0.4, 0.5) is 5.69 Å². The predicted molar refractivity (Wildman–Crippen MR) is 49.6 cm³/mol. The summed E-state index contributed by atoms with van der Waals surface area (Å²) in [5.41, 5.74) is 8.33. The van der Waals surface area contributed by atoms with Crippen LogP contribution < -0.4 is 5.73 Å². The van der Waals surface area contributed by atoms with Crippen LogP contribution in [-0.4, -0.2) is 11.4 Å². The number of benzene rings is 1. The zero-order valence-corrected chi connectivity index (χ0v) is 6.99. The summed E-state index contributed by atoms with van der Waals surface area (Å²) in [4.78, 5) is 0. The average molecular weight is 164 g/mol. The third kappa shape index (κ3) is 1.75. The molecular weight excluding hydrogens is 152 g/mol. The first-order valence-electron chi connectivity index (χ1n) is 3.83. The summed E-state index contributed by atoms with van der Waals surface area (Å²) in [6.07, 6.45) is 2.30. The molecule has 3 nitrogen and oxygen atoms in total. The standard InChI is InChI=1S/C9H12N2O/c1-2-7-5-9(10)4-3-8(7)6-11-12/h3-6,12H,2,10H2,1H3. The molecule has 0 saturated heterocycles. The van der Waals surface area contributed by atoms with Gasteiger partial charge >= 0.3 is 0 Å². The van der Waals surface area contributed by atoms with Crippen molar-refractivity contribution in [3.05, 3.63) is 29.3 Å². The van der Waals surface area contributed by atoms with Gasteiger partial charge in [-0.1, -0.05) is 18.1 Å². The summed E-state index contributed by atoms with van der Waals surface area (Å²) < 4.78 is 0. The Balaban J connectivity index is 3.10. The third-order valence-electron chi connectivity index (χ3n) is 1.74. The fourth-order valence-corrected chi connectivity index (χ4v) is 1.12. The van der Waals surface area contributed by atoms with Gasteiger partial charge in [-0.15, -0.1) is 0 Å². The van der Waals surface area contributed by atoms with Gasteiger partial charge in [0.1, 0.15) is 0 Å². The molecule has 0 atom stereocenters. The number of hydrogen-bond donors (Lipinski definition) is 2. The number of nitrogens with zero attached hydrogens (tertiary/aromatic N) is 1. The molecule has 0 amide bonds. The van der Waals surface area contributed by atoms with Crippen molar-refractivity contribution in [2.75, 3.05) is 5.73 Å². The van der Waals surface area contributed by atoms with Crippen LogP contribution >= 0.6 is 0 Å². The van der Waals surface area contributed by atoms with Gasteiger partial charge in [0.2, 0.25) is 0 Å². The van der Waals surface area contributed by atoms with Gasteiger partial charge in [-0.05, 0) is 29.7 Å². The number of rotatable bonds is 2. The summed E-state index contributed by atoms with van der Waals surface area (Å²) in [6.45, 7) is 2.03. The van der Waals surface area contributed by atoms with Crippen molar-refractivity contribution >= 4 is 11.9 Å². The molecule has 0 aromatic heterocycles. The molecule has 0 heterocycles. The van der Waals surface area contributed by atoms with Crippen molar-refractivity contribution in [3.8, 4) is 0 Å². The molecule has 0 aliphatic heterocycles. The van der Waals surface area contributed by atoms with Gasteiger partial charge in [-0.25, -0.2) is 0 Å². The molecule has 0 aliphatic rings. The fraction of sp³-hybridized carbons (Fsp3) is 0.222. The van der Waals surface area contributed by atoms with Gasteiger partial charge in [0.05, 0.1) is 6.21 Å². The van der Waals surface area contributed by atoms with E-state index in [1.807, 2.05) is 19.1 Å². The van der Waals surface area contributed by atoms with E-state index in [0.717, 1.165) is 23.2 Å². The van der Waals surface area contributed by atoms with Crippen LogP contribution in [0, 0.1) is 0 Å². The minimum absolute atomic E-state index is 0.738. The van der Waals surface area contributed by atoms with Gasteiger partial charge < -0.3 is 10.9 Å². The van der Waals surface area contributed by atoms with Crippen molar-refractivity contribution in [1.82, 2.24) is 0 Å². The third-order valence-corrected chi connectivity index (χ3v) is 1.74. The summed E-state index contributed by atoms with van der Waals surface area (Å²) in [5.74, 6) is 0. The molecule has 1 rings (SSSR count). The topological polar surface area (TPSA) is 58.6 Å². The quantitative estimate of drug-likeness (QED) is 0.302.